The van der Waals surface area contributed by atoms with Crippen LogP contribution in [0.3, 0.4) is 0 Å². The number of β-lactam (4-membered cyclic amide) rings is 1. The lowest BCUT2D eigenvalue weighted by Crippen LogP contribution is -2.58. The molecule has 0 aliphatic carbocycles. The summed E-state index contributed by atoms with van der Waals surface area (Å²) in [5.74, 6) is -1.33. The predicted molar refractivity (Wildman–Crippen MR) is 140 cm³/mol. The van der Waals surface area contributed by atoms with Gasteiger partial charge in [0, 0.05) is 42.0 Å². The minimum absolute atomic E-state index is 0.135. The van der Waals surface area contributed by atoms with Gasteiger partial charge in [-0.05, 0) is 16.7 Å². The molecule has 0 radical (unpaired) electrons. The van der Waals surface area contributed by atoms with E-state index in [1.54, 1.807) is 0 Å². The van der Waals surface area contributed by atoms with E-state index in [0.717, 1.165) is 16.7 Å². The Bertz CT molecular complexity index is 1180. The van der Waals surface area contributed by atoms with Gasteiger partial charge < -0.3 is 10.0 Å². The zero-order chi connectivity index (χ0) is 25.3. The average molecular weight is 523 g/mol. The largest absolute Gasteiger partial charge is 0.480 e. The van der Waals surface area contributed by atoms with Crippen LogP contribution in [0.1, 0.15) is 29.5 Å². The molecule has 2 saturated heterocycles. The third-order valence-corrected chi connectivity index (χ3v) is 9.80. The summed E-state index contributed by atoms with van der Waals surface area (Å²) < 4.78 is 12.0. The minimum Gasteiger partial charge on any atom is -0.480 e. The van der Waals surface area contributed by atoms with Crippen LogP contribution in [0.5, 0.6) is 0 Å². The molecule has 8 heteroatoms. The van der Waals surface area contributed by atoms with Crippen LogP contribution in [0.15, 0.2) is 91.0 Å². The molecule has 3 aromatic carbocycles. The summed E-state index contributed by atoms with van der Waals surface area (Å²) in [6.45, 7) is 0.310. The highest BCUT2D eigenvalue weighted by Crippen LogP contribution is 2.47. The van der Waals surface area contributed by atoms with E-state index in [2.05, 4.69) is 41.7 Å². The molecule has 0 bridgehead atoms. The summed E-state index contributed by atoms with van der Waals surface area (Å²) >= 11 is 6.78. The van der Waals surface area contributed by atoms with Crippen molar-refractivity contribution in [3.8, 4) is 0 Å². The number of fused-ring (bicyclic) bond motifs is 1. The summed E-state index contributed by atoms with van der Waals surface area (Å²) in [7, 11) is -1.70. The number of carboxylic acids is 1. The second kappa shape index (κ2) is 9.81. The van der Waals surface area contributed by atoms with Crippen molar-refractivity contribution in [2.75, 3.05) is 12.3 Å². The van der Waals surface area contributed by atoms with Gasteiger partial charge in [-0.2, -0.15) is 0 Å². The molecule has 5 rings (SSSR count). The standard InChI is InChI=1S/C28H27ClN2O4S/c29-27(19-23-18-24(32)31(23)25(27)26(33)34)36(35)17-16-30-28(20-10-4-1-5-11-20,21-12-6-2-7-13-21)22-14-8-3-9-15-22/h1-15,23,25,30H,16-19H2,(H,33,34). The third kappa shape index (κ3) is 4.05. The van der Waals surface area contributed by atoms with Crippen LogP contribution in [0.25, 0.3) is 0 Å². The first-order valence-corrected chi connectivity index (χ1v) is 13.6. The fourth-order valence-corrected chi connectivity index (χ4v) is 7.63. The summed E-state index contributed by atoms with van der Waals surface area (Å²) in [5, 5.41) is 13.5. The van der Waals surface area contributed by atoms with Gasteiger partial charge in [-0.1, -0.05) is 91.0 Å². The normalized spacial score (nSPS) is 24.1. The number of nitrogens with one attached hydrogen (secondary N) is 1. The molecule has 6 nitrogen and oxygen atoms in total. The van der Waals surface area contributed by atoms with Crippen molar-refractivity contribution in [2.24, 2.45) is 0 Å². The summed E-state index contributed by atoms with van der Waals surface area (Å²) in [5.41, 5.74) is 2.33. The smallest absolute Gasteiger partial charge is 0.329 e. The first-order chi connectivity index (χ1) is 17.4. The van der Waals surface area contributed by atoms with E-state index in [1.165, 1.54) is 4.90 Å². The summed E-state index contributed by atoms with van der Waals surface area (Å²) in [6.07, 6.45) is 0.470. The van der Waals surface area contributed by atoms with E-state index in [9.17, 15) is 18.9 Å². The van der Waals surface area contributed by atoms with Gasteiger partial charge in [0.2, 0.25) is 5.91 Å². The number of amides is 1. The quantitative estimate of drug-likeness (QED) is 0.254. The molecule has 1 amide bonds. The van der Waals surface area contributed by atoms with Crippen LogP contribution >= 0.6 is 11.6 Å². The molecule has 2 fully saturated rings. The van der Waals surface area contributed by atoms with Crippen LogP contribution in [-0.4, -0.2) is 54.7 Å². The first kappa shape index (κ1) is 24.7. The number of hydrogen-bond acceptors (Lipinski definition) is 4. The van der Waals surface area contributed by atoms with Gasteiger partial charge in [-0.25, -0.2) is 4.79 Å². The van der Waals surface area contributed by atoms with E-state index < -0.39 is 32.6 Å². The molecule has 2 aliphatic heterocycles. The second-order valence-electron chi connectivity index (χ2n) is 9.21. The van der Waals surface area contributed by atoms with Crippen molar-refractivity contribution >= 4 is 34.3 Å². The molecule has 2 N–H and O–H groups in total. The number of hydrogen-bond donors (Lipinski definition) is 2. The number of benzene rings is 3. The number of alkyl halides is 1. The molecule has 3 aromatic rings. The van der Waals surface area contributed by atoms with Gasteiger partial charge in [0.1, 0.15) is 0 Å². The van der Waals surface area contributed by atoms with E-state index in [0.29, 0.717) is 6.54 Å². The van der Waals surface area contributed by atoms with Crippen LogP contribution in [0.4, 0.5) is 0 Å². The van der Waals surface area contributed by atoms with Gasteiger partial charge in [-0.15, -0.1) is 11.6 Å². The summed E-state index contributed by atoms with van der Waals surface area (Å²) in [4.78, 5) is 25.4. The number of carboxylic acid groups (broad SMARTS) is 1. The molecule has 2 aliphatic rings. The Morgan fingerprint density at radius 1 is 0.972 bits per heavy atom. The van der Waals surface area contributed by atoms with Crippen LogP contribution in [0, 0.1) is 0 Å². The van der Waals surface area contributed by atoms with Crippen molar-refractivity contribution in [1.29, 1.82) is 0 Å². The Kier molecular flexibility index (Phi) is 6.72. The Morgan fingerprint density at radius 3 is 1.86 bits per heavy atom. The lowest BCUT2D eigenvalue weighted by Gasteiger charge is -2.38. The number of aliphatic carboxylic acids is 1. The maximum absolute atomic E-state index is 13.5. The van der Waals surface area contributed by atoms with Crippen LogP contribution in [-0.2, 0) is 25.9 Å². The van der Waals surface area contributed by atoms with Gasteiger partial charge in [-0.3, -0.25) is 14.3 Å². The van der Waals surface area contributed by atoms with Crippen molar-refractivity contribution in [2.45, 2.75) is 34.7 Å². The van der Waals surface area contributed by atoms with E-state index in [-0.39, 0.29) is 30.5 Å². The highest BCUT2D eigenvalue weighted by molar-refractivity contribution is 7.88. The number of carbonyl (C=O) groups is 2. The molecule has 0 spiro atoms. The first-order valence-electron chi connectivity index (χ1n) is 11.9. The Labute approximate surface area is 217 Å². The highest BCUT2D eigenvalue weighted by Gasteiger charge is 2.64. The highest BCUT2D eigenvalue weighted by atomic mass is 35.5. The molecule has 0 aromatic heterocycles. The number of nitrogens with zero attached hydrogens (tertiary/aromatic N) is 1. The topological polar surface area (TPSA) is 86.7 Å². The van der Waals surface area contributed by atoms with E-state index in [1.807, 2.05) is 54.6 Å². The maximum atomic E-state index is 13.5. The zero-order valence-electron chi connectivity index (χ0n) is 19.5. The van der Waals surface area contributed by atoms with Gasteiger partial charge in [0.05, 0.1) is 5.54 Å². The van der Waals surface area contributed by atoms with Crippen molar-refractivity contribution in [1.82, 2.24) is 10.2 Å². The van der Waals surface area contributed by atoms with Gasteiger partial charge >= 0.3 is 5.97 Å². The second-order valence-corrected chi connectivity index (χ2v) is 11.9. The number of halogens is 1. The third-order valence-electron chi connectivity index (χ3n) is 7.20. The molecule has 2 heterocycles. The lowest BCUT2D eigenvalue weighted by molar-refractivity contribution is -0.156. The SMILES string of the molecule is O=C(O)C1N2C(=O)CC2CC1(Cl)S(=O)CCNC(c1ccccc1)(c1ccccc1)c1ccccc1. The monoisotopic (exact) mass is 522 g/mol. The molecular weight excluding hydrogens is 496 g/mol. The maximum Gasteiger partial charge on any atom is 0.329 e. The predicted octanol–water partition coefficient (Wildman–Crippen LogP) is 3.71. The average Bonchev–Trinajstić information content (AvgIpc) is 3.16. The van der Waals surface area contributed by atoms with Crippen molar-refractivity contribution in [3.05, 3.63) is 108 Å². The lowest BCUT2D eigenvalue weighted by atomic mass is 9.77. The molecule has 0 saturated carbocycles. The van der Waals surface area contributed by atoms with E-state index in [4.69, 9.17) is 11.6 Å². The van der Waals surface area contributed by atoms with Crippen LogP contribution in [0.2, 0.25) is 0 Å². The number of rotatable bonds is 9. The van der Waals surface area contributed by atoms with Gasteiger partial charge in [0.15, 0.2) is 10.2 Å². The molecule has 36 heavy (non-hydrogen) atoms. The minimum atomic E-state index is -1.70. The number of carbonyl (C=O) groups excluding carboxylic acids is 1. The fraction of sp³-hybridized carbons (Fsp3) is 0.286. The molecule has 4 atom stereocenters. The molecule has 4 unspecified atom stereocenters. The molecular formula is C28H27ClN2O4S. The van der Waals surface area contributed by atoms with E-state index >= 15 is 0 Å². The summed E-state index contributed by atoms with van der Waals surface area (Å²) in [6, 6.07) is 28.6. The van der Waals surface area contributed by atoms with Gasteiger partial charge in [0.25, 0.3) is 0 Å². The Morgan fingerprint density at radius 2 is 1.44 bits per heavy atom. The zero-order valence-corrected chi connectivity index (χ0v) is 21.1. The van der Waals surface area contributed by atoms with Crippen molar-refractivity contribution < 1.29 is 18.9 Å². The van der Waals surface area contributed by atoms with Crippen molar-refractivity contribution in [3.63, 3.8) is 0 Å². The fourth-order valence-electron chi connectivity index (χ4n) is 5.55. The molecule has 186 valence electrons. The van der Waals surface area contributed by atoms with Crippen LogP contribution < -0.4 is 5.32 Å². The Balaban J connectivity index is 1.46. The Hall–Kier alpha value is -3.00.